The molecule has 10 nitrogen and oxygen atoms in total. The third kappa shape index (κ3) is 5.40. The SMILES string of the molecule is CCOc1ccnc(N2CCC(O)C2)n1.O=c1ccnc(N2CCC(O)C2)[nH]1. The van der Waals surface area contributed by atoms with Crippen LogP contribution in [-0.4, -0.2) is 75.1 Å². The molecule has 0 saturated carbocycles. The quantitative estimate of drug-likeness (QED) is 0.649. The van der Waals surface area contributed by atoms with Gasteiger partial charge in [-0.2, -0.15) is 4.98 Å². The summed E-state index contributed by atoms with van der Waals surface area (Å²) in [6.07, 6.45) is 4.10. The van der Waals surface area contributed by atoms with E-state index in [-0.39, 0.29) is 17.8 Å². The minimum absolute atomic E-state index is 0.161. The van der Waals surface area contributed by atoms with Gasteiger partial charge in [-0.3, -0.25) is 9.78 Å². The highest BCUT2D eigenvalue weighted by atomic mass is 16.5. The lowest BCUT2D eigenvalue weighted by molar-refractivity contribution is 0.198. The lowest BCUT2D eigenvalue weighted by Gasteiger charge is -2.15. The van der Waals surface area contributed by atoms with Crippen LogP contribution in [0.3, 0.4) is 0 Å². The van der Waals surface area contributed by atoms with Crippen LogP contribution in [0.2, 0.25) is 0 Å². The summed E-state index contributed by atoms with van der Waals surface area (Å²) in [5.41, 5.74) is -0.161. The Hall–Kier alpha value is -2.72. The molecule has 2 fully saturated rings. The summed E-state index contributed by atoms with van der Waals surface area (Å²) in [5.74, 6) is 1.77. The second-order valence-electron chi connectivity index (χ2n) is 6.66. The van der Waals surface area contributed by atoms with E-state index in [0.29, 0.717) is 37.5 Å². The third-order valence-corrected chi connectivity index (χ3v) is 4.48. The summed E-state index contributed by atoms with van der Waals surface area (Å²) >= 11 is 0. The molecule has 0 aliphatic carbocycles. The minimum atomic E-state index is -0.300. The molecule has 28 heavy (non-hydrogen) atoms. The molecule has 0 aromatic carbocycles. The number of nitrogens with zero attached hydrogens (tertiary/aromatic N) is 5. The van der Waals surface area contributed by atoms with Gasteiger partial charge in [-0.1, -0.05) is 0 Å². The van der Waals surface area contributed by atoms with E-state index in [1.54, 1.807) is 12.3 Å². The number of H-pyrrole nitrogens is 1. The number of aliphatic hydroxyl groups is 2. The zero-order valence-electron chi connectivity index (χ0n) is 15.9. The molecule has 0 radical (unpaired) electrons. The Morgan fingerprint density at radius 3 is 2.39 bits per heavy atom. The second-order valence-corrected chi connectivity index (χ2v) is 6.66. The van der Waals surface area contributed by atoms with E-state index >= 15 is 0 Å². The van der Waals surface area contributed by atoms with Gasteiger partial charge in [0.15, 0.2) is 0 Å². The largest absolute Gasteiger partial charge is 0.478 e. The highest BCUT2D eigenvalue weighted by Crippen LogP contribution is 2.18. The van der Waals surface area contributed by atoms with E-state index in [0.717, 1.165) is 25.9 Å². The average molecular weight is 390 g/mol. The molecule has 2 aliphatic rings. The number of hydrogen-bond acceptors (Lipinski definition) is 9. The zero-order valence-corrected chi connectivity index (χ0v) is 15.9. The molecular formula is C18H26N6O4. The van der Waals surface area contributed by atoms with Crippen LogP contribution in [0.1, 0.15) is 19.8 Å². The van der Waals surface area contributed by atoms with Gasteiger partial charge in [0.25, 0.3) is 5.56 Å². The van der Waals surface area contributed by atoms with E-state index in [4.69, 9.17) is 4.74 Å². The molecule has 4 rings (SSSR count). The van der Waals surface area contributed by atoms with Crippen LogP contribution in [-0.2, 0) is 0 Å². The zero-order chi connectivity index (χ0) is 19.9. The molecule has 152 valence electrons. The van der Waals surface area contributed by atoms with Gasteiger partial charge in [-0.15, -0.1) is 0 Å². The maximum absolute atomic E-state index is 10.9. The Labute approximate surface area is 162 Å². The van der Waals surface area contributed by atoms with Crippen molar-refractivity contribution in [1.29, 1.82) is 0 Å². The van der Waals surface area contributed by atoms with Gasteiger partial charge in [0, 0.05) is 50.7 Å². The third-order valence-electron chi connectivity index (χ3n) is 4.48. The smallest absolute Gasteiger partial charge is 0.252 e. The van der Waals surface area contributed by atoms with Gasteiger partial charge >= 0.3 is 0 Å². The van der Waals surface area contributed by atoms with E-state index in [1.165, 1.54) is 12.3 Å². The number of anilines is 2. The molecule has 2 aromatic heterocycles. The molecule has 2 aromatic rings. The molecule has 4 heterocycles. The van der Waals surface area contributed by atoms with Crippen molar-refractivity contribution in [2.24, 2.45) is 0 Å². The molecule has 2 aliphatic heterocycles. The number of hydrogen-bond donors (Lipinski definition) is 3. The van der Waals surface area contributed by atoms with Crippen LogP contribution < -0.4 is 20.1 Å². The van der Waals surface area contributed by atoms with Crippen molar-refractivity contribution in [3.63, 3.8) is 0 Å². The topological polar surface area (TPSA) is 128 Å². The van der Waals surface area contributed by atoms with Crippen molar-refractivity contribution in [2.45, 2.75) is 32.0 Å². The van der Waals surface area contributed by atoms with Gasteiger partial charge < -0.3 is 24.7 Å². The summed E-state index contributed by atoms with van der Waals surface area (Å²) in [6.45, 7) is 5.22. The first-order valence-electron chi connectivity index (χ1n) is 9.42. The van der Waals surface area contributed by atoms with Crippen molar-refractivity contribution in [3.8, 4) is 5.88 Å². The number of ether oxygens (including phenoxy) is 1. The number of rotatable bonds is 4. The maximum Gasteiger partial charge on any atom is 0.252 e. The first-order valence-corrected chi connectivity index (χ1v) is 9.42. The fraction of sp³-hybridized carbons (Fsp3) is 0.556. The van der Waals surface area contributed by atoms with Crippen LogP contribution >= 0.6 is 0 Å². The minimum Gasteiger partial charge on any atom is -0.478 e. The summed E-state index contributed by atoms with van der Waals surface area (Å²) in [4.78, 5) is 29.8. The highest BCUT2D eigenvalue weighted by molar-refractivity contribution is 5.33. The lowest BCUT2D eigenvalue weighted by Crippen LogP contribution is -2.25. The Morgan fingerprint density at radius 1 is 1.11 bits per heavy atom. The Kier molecular flexibility index (Phi) is 6.77. The molecule has 2 atom stereocenters. The Balaban J connectivity index is 0.000000162. The van der Waals surface area contributed by atoms with Crippen molar-refractivity contribution < 1.29 is 14.9 Å². The predicted octanol–water partition coefficient (Wildman–Crippen LogP) is -0.213. The molecule has 0 spiro atoms. The van der Waals surface area contributed by atoms with E-state index in [1.807, 2.05) is 16.7 Å². The number of aliphatic hydroxyl groups excluding tert-OH is 2. The normalized spacial score (nSPS) is 21.4. The fourth-order valence-electron chi connectivity index (χ4n) is 3.09. The first-order chi connectivity index (χ1) is 13.5. The van der Waals surface area contributed by atoms with Crippen molar-refractivity contribution in [1.82, 2.24) is 19.9 Å². The van der Waals surface area contributed by atoms with E-state index in [9.17, 15) is 15.0 Å². The average Bonchev–Trinajstić information content (AvgIpc) is 3.31. The molecule has 3 N–H and O–H groups in total. The van der Waals surface area contributed by atoms with Crippen LogP contribution in [0.15, 0.2) is 29.3 Å². The Bertz CT molecular complexity index is 816. The van der Waals surface area contributed by atoms with Crippen LogP contribution in [0.5, 0.6) is 5.88 Å². The van der Waals surface area contributed by atoms with Gasteiger partial charge in [0.1, 0.15) is 0 Å². The second kappa shape index (κ2) is 9.47. The van der Waals surface area contributed by atoms with Crippen LogP contribution in [0.4, 0.5) is 11.9 Å². The summed E-state index contributed by atoms with van der Waals surface area (Å²) in [5, 5.41) is 18.7. The van der Waals surface area contributed by atoms with Crippen molar-refractivity contribution >= 4 is 11.9 Å². The predicted molar refractivity (Wildman–Crippen MR) is 104 cm³/mol. The molecule has 2 unspecified atom stereocenters. The van der Waals surface area contributed by atoms with Gasteiger partial charge in [0.2, 0.25) is 17.8 Å². The van der Waals surface area contributed by atoms with Gasteiger partial charge in [0.05, 0.1) is 18.8 Å². The summed E-state index contributed by atoms with van der Waals surface area (Å²) < 4.78 is 5.29. The monoisotopic (exact) mass is 390 g/mol. The molecule has 2 saturated heterocycles. The molecule has 0 bridgehead atoms. The van der Waals surface area contributed by atoms with Crippen LogP contribution in [0, 0.1) is 0 Å². The van der Waals surface area contributed by atoms with Crippen molar-refractivity contribution in [2.75, 3.05) is 42.6 Å². The summed E-state index contributed by atoms with van der Waals surface area (Å²) in [7, 11) is 0. The highest BCUT2D eigenvalue weighted by Gasteiger charge is 2.22. The first kappa shape index (κ1) is 20.0. The lowest BCUT2D eigenvalue weighted by atomic mass is 10.3. The Morgan fingerprint density at radius 2 is 1.79 bits per heavy atom. The number of aromatic amines is 1. The standard InChI is InChI=1S/C10H15N3O2.C8H11N3O2/c1-2-15-9-3-5-11-10(12-9)13-6-4-8(14)7-13;12-6-2-4-11(5-6)8-9-3-1-7(13)10-8/h3,5,8,14H,2,4,6-7H2,1H3;1,3,6,12H,2,4-5H2,(H,9,10,13). The molecule has 10 heteroatoms. The number of nitrogens with one attached hydrogen (secondary N) is 1. The van der Waals surface area contributed by atoms with E-state index < -0.39 is 0 Å². The fourth-order valence-corrected chi connectivity index (χ4v) is 3.09. The number of β-amino-alcohol motifs (C(OH)–C–C–N with tert-alkyl or cyclic N) is 2. The van der Waals surface area contributed by atoms with E-state index in [2.05, 4.69) is 19.9 Å². The van der Waals surface area contributed by atoms with Gasteiger partial charge in [-0.25, -0.2) is 9.97 Å². The number of aromatic nitrogens is 4. The van der Waals surface area contributed by atoms with Crippen LogP contribution in [0.25, 0.3) is 0 Å². The maximum atomic E-state index is 10.9. The summed E-state index contributed by atoms with van der Waals surface area (Å²) in [6, 6.07) is 3.11. The van der Waals surface area contributed by atoms with Crippen molar-refractivity contribution in [3.05, 3.63) is 34.9 Å². The van der Waals surface area contributed by atoms with Gasteiger partial charge in [-0.05, 0) is 19.8 Å². The molecular weight excluding hydrogens is 364 g/mol. The molecule has 0 amide bonds.